The summed E-state index contributed by atoms with van der Waals surface area (Å²) in [7, 11) is 0. The molecule has 3 aromatic heterocycles. The molecule has 0 saturated heterocycles. The van der Waals surface area contributed by atoms with E-state index in [1.807, 2.05) is 121 Å². The van der Waals surface area contributed by atoms with Gasteiger partial charge in [0.05, 0.1) is 12.2 Å². The normalized spacial score (nSPS) is 11.9. The second-order valence-electron chi connectivity index (χ2n) is 10.7. The number of aromatic nitrogens is 3. The predicted molar refractivity (Wildman–Crippen MR) is 184 cm³/mol. The molecule has 1 N–H and O–H groups in total. The molecule has 9 nitrogen and oxygen atoms in total. The van der Waals surface area contributed by atoms with Gasteiger partial charge in [-0.1, -0.05) is 109 Å². The Hall–Kier alpha value is -6.35. The van der Waals surface area contributed by atoms with Gasteiger partial charge in [-0.3, -0.25) is 0 Å². The Labute approximate surface area is 277 Å². The molecule has 0 atom stereocenters. The molecule has 0 amide bonds. The van der Waals surface area contributed by atoms with Crippen LogP contribution in [0.4, 0.5) is 0 Å². The van der Waals surface area contributed by atoms with Crippen LogP contribution in [0.1, 0.15) is 45.6 Å². The van der Waals surface area contributed by atoms with E-state index in [1.165, 1.54) is 6.26 Å². The highest BCUT2D eigenvalue weighted by molar-refractivity contribution is 5.55. The quantitative estimate of drug-likeness (QED) is 0.119. The van der Waals surface area contributed by atoms with Gasteiger partial charge in [0.15, 0.2) is 5.76 Å². The number of hydrogen-bond donors (Lipinski definition) is 1. The van der Waals surface area contributed by atoms with Gasteiger partial charge in [0.1, 0.15) is 30.6 Å². The zero-order chi connectivity index (χ0) is 33.0. The van der Waals surface area contributed by atoms with E-state index in [4.69, 9.17) is 18.0 Å². The number of aromatic hydroxyl groups is 1. The van der Waals surface area contributed by atoms with E-state index in [0.29, 0.717) is 41.8 Å². The van der Waals surface area contributed by atoms with Gasteiger partial charge in [-0.05, 0) is 35.2 Å². The van der Waals surface area contributed by atoms with Crippen LogP contribution < -0.4 is 10.5 Å². The first-order valence-electron chi connectivity index (χ1n) is 15.4. The van der Waals surface area contributed by atoms with Crippen LogP contribution in [0.3, 0.4) is 0 Å². The molecule has 0 aliphatic heterocycles. The maximum Gasteiger partial charge on any atom is 0.422 e. The van der Waals surface area contributed by atoms with Gasteiger partial charge in [0.2, 0.25) is 17.7 Å². The van der Waals surface area contributed by atoms with Crippen LogP contribution in [-0.2, 0) is 26.0 Å². The van der Waals surface area contributed by atoms with E-state index in [9.17, 15) is 9.90 Å². The molecule has 9 heteroatoms. The van der Waals surface area contributed by atoms with Crippen molar-refractivity contribution in [1.82, 2.24) is 14.5 Å². The molecule has 3 heterocycles. The van der Waals surface area contributed by atoms with Crippen LogP contribution in [0.2, 0.25) is 0 Å². The largest absolute Gasteiger partial charge is 0.492 e. The lowest BCUT2D eigenvalue weighted by atomic mass is 10.1. The predicted octanol–water partition coefficient (Wildman–Crippen LogP) is 7.99. The van der Waals surface area contributed by atoms with Crippen LogP contribution in [0, 0.1) is 0 Å². The van der Waals surface area contributed by atoms with Crippen molar-refractivity contribution < 1.29 is 23.1 Å². The molecule has 0 fully saturated rings. The van der Waals surface area contributed by atoms with Crippen molar-refractivity contribution in [2.75, 3.05) is 0 Å². The SMILES string of the molecule is O=c1oc(CCc2ccc(OCc3coc(C=CC=Cc4ccccc4)n3)cc2)c(O)n1Cc1coc(C=CC=Cc2ccccc2)n1. The lowest BCUT2D eigenvalue weighted by Gasteiger charge is -2.05. The summed E-state index contributed by atoms with van der Waals surface area (Å²) in [5, 5.41) is 10.7. The van der Waals surface area contributed by atoms with Crippen molar-refractivity contribution in [2.24, 2.45) is 0 Å². The van der Waals surface area contributed by atoms with Gasteiger partial charge in [0, 0.05) is 18.6 Å². The fourth-order valence-corrected chi connectivity index (χ4v) is 4.75. The Morgan fingerprint density at radius 3 is 1.88 bits per heavy atom. The average molecular weight is 640 g/mol. The number of allylic oxidation sites excluding steroid dienone is 4. The molecule has 0 radical (unpaired) electrons. The standard InChI is InChI=1S/C39H33N3O6/c43-38-35(48-39(44)42(38)25-32-26-46-36(40-32)17-9-7-15-29-11-3-1-4-12-29)24-21-31-19-22-34(23-20-31)45-27-33-28-47-37(41-33)18-10-8-16-30-13-5-2-6-14-30/h1-20,22-23,26,28,43H,21,24-25,27H2. The summed E-state index contributed by atoms with van der Waals surface area (Å²) in [6.07, 6.45) is 18.9. The molecule has 6 rings (SSSR count). The Morgan fingerprint density at radius 1 is 0.688 bits per heavy atom. The van der Waals surface area contributed by atoms with Gasteiger partial charge < -0.3 is 23.1 Å². The number of oxazole rings is 3. The maximum atomic E-state index is 12.5. The number of benzene rings is 3. The minimum absolute atomic E-state index is 0.0198. The number of ether oxygens (including phenoxy) is 1. The third-order valence-corrected chi connectivity index (χ3v) is 7.22. The Kier molecular flexibility index (Phi) is 10.4. The molecular formula is C39H33N3O6. The molecular weight excluding hydrogens is 606 g/mol. The fraction of sp³-hybridized carbons (Fsp3) is 0.103. The summed E-state index contributed by atoms with van der Waals surface area (Å²) < 4.78 is 23.3. The van der Waals surface area contributed by atoms with Crippen molar-refractivity contribution in [2.45, 2.75) is 26.0 Å². The number of nitrogens with zero attached hydrogens (tertiary/aromatic N) is 3. The molecule has 240 valence electrons. The molecule has 0 aliphatic carbocycles. The topological polar surface area (TPSA) is 117 Å². The number of hydrogen-bond acceptors (Lipinski definition) is 8. The summed E-state index contributed by atoms with van der Waals surface area (Å²) in [6.45, 7) is 0.281. The summed E-state index contributed by atoms with van der Waals surface area (Å²) >= 11 is 0. The first kappa shape index (κ1) is 31.6. The van der Waals surface area contributed by atoms with Crippen molar-refractivity contribution in [3.05, 3.63) is 178 Å². The van der Waals surface area contributed by atoms with E-state index in [0.717, 1.165) is 21.3 Å². The van der Waals surface area contributed by atoms with Gasteiger partial charge in [0.25, 0.3) is 0 Å². The van der Waals surface area contributed by atoms with Gasteiger partial charge in [-0.15, -0.1) is 0 Å². The first-order valence-corrected chi connectivity index (χ1v) is 15.4. The summed E-state index contributed by atoms with van der Waals surface area (Å²) in [5.41, 5.74) is 4.34. The molecule has 0 saturated carbocycles. The highest BCUT2D eigenvalue weighted by Gasteiger charge is 2.17. The molecule has 3 aromatic carbocycles. The lowest BCUT2D eigenvalue weighted by Crippen LogP contribution is -2.14. The molecule has 6 aromatic rings. The van der Waals surface area contributed by atoms with E-state index in [2.05, 4.69) is 9.97 Å². The van der Waals surface area contributed by atoms with Crippen molar-refractivity contribution >= 4 is 24.3 Å². The third-order valence-electron chi connectivity index (χ3n) is 7.22. The van der Waals surface area contributed by atoms with Gasteiger partial charge in [-0.25, -0.2) is 19.3 Å². The monoisotopic (exact) mass is 639 g/mol. The van der Waals surface area contributed by atoms with Crippen molar-refractivity contribution in [1.29, 1.82) is 0 Å². The van der Waals surface area contributed by atoms with Crippen LogP contribution in [0.25, 0.3) is 24.3 Å². The number of aryl methyl sites for hydroxylation is 2. The third kappa shape index (κ3) is 8.88. The second kappa shape index (κ2) is 15.8. The fourth-order valence-electron chi connectivity index (χ4n) is 4.75. The molecule has 0 aliphatic rings. The Balaban J connectivity index is 0.962. The van der Waals surface area contributed by atoms with Crippen molar-refractivity contribution in [3.8, 4) is 11.6 Å². The Morgan fingerprint density at radius 2 is 1.25 bits per heavy atom. The highest BCUT2D eigenvalue weighted by atomic mass is 16.5. The van der Waals surface area contributed by atoms with Crippen LogP contribution in [0.5, 0.6) is 11.6 Å². The van der Waals surface area contributed by atoms with E-state index < -0.39 is 5.76 Å². The first-order chi connectivity index (χ1) is 23.6. The van der Waals surface area contributed by atoms with Gasteiger partial charge in [-0.2, -0.15) is 0 Å². The second-order valence-corrected chi connectivity index (χ2v) is 10.7. The molecule has 0 spiro atoms. The minimum Gasteiger partial charge on any atom is -0.492 e. The summed E-state index contributed by atoms with van der Waals surface area (Å²) in [5.74, 6) is 0.890. The highest BCUT2D eigenvalue weighted by Crippen LogP contribution is 2.21. The van der Waals surface area contributed by atoms with Gasteiger partial charge >= 0.3 is 5.76 Å². The minimum atomic E-state index is -0.660. The maximum absolute atomic E-state index is 12.5. The van der Waals surface area contributed by atoms with E-state index in [1.54, 1.807) is 18.4 Å². The number of rotatable bonds is 14. The van der Waals surface area contributed by atoms with Crippen LogP contribution >= 0.6 is 0 Å². The molecule has 0 bridgehead atoms. The summed E-state index contributed by atoms with van der Waals surface area (Å²) in [6, 6.07) is 27.5. The van der Waals surface area contributed by atoms with Crippen LogP contribution in [0.15, 0.2) is 140 Å². The average Bonchev–Trinajstić information content (AvgIpc) is 3.84. The smallest absolute Gasteiger partial charge is 0.422 e. The zero-order valence-electron chi connectivity index (χ0n) is 26.0. The van der Waals surface area contributed by atoms with E-state index >= 15 is 0 Å². The Bertz CT molecular complexity index is 2080. The lowest BCUT2D eigenvalue weighted by molar-refractivity contribution is 0.301. The van der Waals surface area contributed by atoms with Crippen molar-refractivity contribution in [3.63, 3.8) is 0 Å². The van der Waals surface area contributed by atoms with Crippen LogP contribution in [-0.4, -0.2) is 19.6 Å². The summed E-state index contributed by atoms with van der Waals surface area (Å²) in [4.78, 5) is 21.3. The molecule has 48 heavy (non-hydrogen) atoms. The zero-order valence-corrected chi connectivity index (χ0v) is 26.0. The van der Waals surface area contributed by atoms with E-state index in [-0.39, 0.29) is 24.8 Å². The molecule has 0 unspecified atom stereocenters.